The summed E-state index contributed by atoms with van der Waals surface area (Å²) < 4.78 is 14.0. The summed E-state index contributed by atoms with van der Waals surface area (Å²) >= 11 is 0. The monoisotopic (exact) mass is 477 g/mol. The summed E-state index contributed by atoms with van der Waals surface area (Å²) in [5.41, 5.74) is 2.54. The van der Waals surface area contributed by atoms with E-state index in [4.69, 9.17) is 24.8 Å². The number of aromatic nitrogens is 3. The predicted octanol–water partition coefficient (Wildman–Crippen LogP) is 3.24. The average molecular weight is 477 g/mol. The minimum atomic E-state index is -1.82. The van der Waals surface area contributed by atoms with Crippen molar-refractivity contribution in [2.75, 3.05) is 31.1 Å². The van der Waals surface area contributed by atoms with Crippen LogP contribution in [-0.4, -0.2) is 68.2 Å². The van der Waals surface area contributed by atoms with Crippen molar-refractivity contribution in [3.63, 3.8) is 0 Å². The average Bonchev–Trinajstić information content (AvgIpc) is 3.33. The molecule has 0 unspecified atom stereocenters. The number of halogens is 1. The van der Waals surface area contributed by atoms with E-state index in [1.807, 2.05) is 18.2 Å². The number of fused-ring (bicyclic) bond motifs is 1. The van der Waals surface area contributed by atoms with Crippen molar-refractivity contribution < 1.29 is 24.2 Å². The number of rotatable bonds is 4. The van der Waals surface area contributed by atoms with Gasteiger partial charge in [0.15, 0.2) is 0 Å². The van der Waals surface area contributed by atoms with Crippen LogP contribution in [0.25, 0.3) is 22.3 Å². The number of piperazine rings is 1. The maximum absolute atomic E-state index is 14.0. The molecule has 0 atom stereocenters. The number of hydrogen-bond acceptors (Lipinski definition) is 6. The first-order valence-corrected chi connectivity index (χ1v) is 11.0. The number of hydrogen-bond donors (Lipinski definition) is 3. The second-order valence-electron chi connectivity index (χ2n) is 7.97. The molecule has 5 rings (SSSR count). The number of anilines is 1. The Hall–Kier alpha value is -4.31. The van der Waals surface area contributed by atoms with E-state index in [1.165, 1.54) is 11.5 Å². The number of carboxylic acids is 2. The van der Waals surface area contributed by atoms with Gasteiger partial charge >= 0.3 is 11.9 Å². The lowest BCUT2D eigenvalue weighted by atomic mass is 10.2. The highest BCUT2D eigenvalue weighted by atomic mass is 19.1. The van der Waals surface area contributed by atoms with Gasteiger partial charge in [0.25, 0.3) is 0 Å². The van der Waals surface area contributed by atoms with E-state index < -0.39 is 11.9 Å². The summed E-state index contributed by atoms with van der Waals surface area (Å²) in [6.45, 7) is 4.53. The number of nitrogens with zero attached hydrogens (tertiary/aromatic N) is 4. The zero-order valence-electron chi connectivity index (χ0n) is 18.8. The lowest BCUT2D eigenvalue weighted by Crippen LogP contribution is -2.46. The molecule has 0 spiro atoms. The van der Waals surface area contributed by atoms with Gasteiger partial charge in [-0.25, -0.2) is 23.9 Å². The molecule has 1 fully saturated rings. The van der Waals surface area contributed by atoms with Crippen LogP contribution < -0.4 is 4.90 Å². The van der Waals surface area contributed by atoms with Crippen LogP contribution in [0.1, 0.15) is 5.69 Å². The highest BCUT2D eigenvalue weighted by Crippen LogP contribution is 2.21. The molecule has 10 heteroatoms. The molecule has 0 saturated carbocycles. The normalized spacial score (nSPS) is 13.8. The zero-order chi connectivity index (χ0) is 24.8. The lowest BCUT2D eigenvalue weighted by molar-refractivity contribution is -0.159. The number of imidazole rings is 1. The zero-order valence-corrected chi connectivity index (χ0v) is 18.8. The summed E-state index contributed by atoms with van der Waals surface area (Å²) in [5.74, 6) is -2.29. The molecule has 0 amide bonds. The van der Waals surface area contributed by atoms with Gasteiger partial charge in [0.05, 0.1) is 11.1 Å². The predicted molar refractivity (Wildman–Crippen MR) is 128 cm³/mol. The summed E-state index contributed by atoms with van der Waals surface area (Å²) in [6, 6.07) is 19.2. The van der Waals surface area contributed by atoms with Gasteiger partial charge in [-0.15, -0.1) is 0 Å². The van der Waals surface area contributed by atoms with Gasteiger partial charge in [-0.2, -0.15) is 0 Å². The summed E-state index contributed by atoms with van der Waals surface area (Å²) in [5, 5.41) is 15.9. The Bertz CT molecular complexity index is 1320. The number of H-pyrrole nitrogens is 1. The van der Waals surface area contributed by atoms with Crippen LogP contribution in [0.5, 0.6) is 0 Å². The minimum absolute atomic E-state index is 0.259. The standard InChI is InChI=1S/C23H22FN5.C2H2O4/c24-20-7-3-2-6-19(20)23-25-15-18(26-23)16-28-11-13-29(14-12-28)22-10-9-17-5-1-4-8-21(17)27-22;3-1(4)2(5)6/h1-10,15H,11-14,16H2,(H,25,26);(H,3,4)(H,5,6). The fraction of sp³-hybridized carbons (Fsp3) is 0.200. The topological polar surface area (TPSA) is 123 Å². The fourth-order valence-electron chi connectivity index (χ4n) is 3.84. The third-order valence-electron chi connectivity index (χ3n) is 5.61. The fourth-order valence-corrected chi connectivity index (χ4v) is 3.84. The molecule has 3 heterocycles. The number of carboxylic acid groups (broad SMARTS) is 2. The van der Waals surface area contributed by atoms with Crippen molar-refractivity contribution in [2.24, 2.45) is 0 Å². The van der Waals surface area contributed by atoms with Crippen molar-refractivity contribution in [3.05, 3.63) is 78.4 Å². The third-order valence-corrected chi connectivity index (χ3v) is 5.61. The van der Waals surface area contributed by atoms with E-state index in [1.54, 1.807) is 18.3 Å². The van der Waals surface area contributed by atoms with E-state index in [0.29, 0.717) is 11.4 Å². The highest BCUT2D eigenvalue weighted by Gasteiger charge is 2.19. The smallest absolute Gasteiger partial charge is 0.414 e. The van der Waals surface area contributed by atoms with E-state index in [0.717, 1.165) is 49.8 Å². The molecule has 1 aliphatic heterocycles. The molecule has 4 aromatic rings. The number of carbonyl (C=O) groups is 2. The number of nitrogens with one attached hydrogen (secondary N) is 1. The van der Waals surface area contributed by atoms with Gasteiger partial charge in [0.1, 0.15) is 17.5 Å². The lowest BCUT2D eigenvalue weighted by Gasteiger charge is -2.35. The van der Waals surface area contributed by atoms with Crippen LogP contribution in [0.4, 0.5) is 10.2 Å². The van der Waals surface area contributed by atoms with Crippen LogP contribution in [0, 0.1) is 5.82 Å². The van der Waals surface area contributed by atoms with Crippen molar-refractivity contribution >= 4 is 28.7 Å². The Labute approximate surface area is 200 Å². The van der Waals surface area contributed by atoms with Gasteiger partial charge < -0.3 is 20.1 Å². The second kappa shape index (κ2) is 10.7. The number of benzene rings is 2. The van der Waals surface area contributed by atoms with E-state index in [-0.39, 0.29) is 5.82 Å². The van der Waals surface area contributed by atoms with Crippen LogP contribution in [0.15, 0.2) is 66.9 Å². The molecule has 180 valence electrons. The Kier molecular flexibility index (Phi) is 7.32. The molecular formula is C25H24FN5O4. The van der Waals surface area contributed by atoms with Gasteiger partial charge in [0, 0.05) is 50.0 Å². The van der Waals surface area contributed by atoms with Crippen molar-refractivity contribution in [1.29, 1.82) is 0 Å². The summed E-state index contributed by atoms with van der Waals surface area (Å²) in [4.78, 5) is 35.4. The maximum Gasteiger partial charge on any atom is 0.414 e. The van der Waals surface area contributed by atoms with Crippen molar-refractivity contribution in [1.82, 2.24) is 19.9 Å². The van der Waals surface area contributed by atoms with Crippen LogP contribution >= 0.6 is 0 Å². The van der Waals surface area contributed by atoms with Crippen LogP contribution in [0.2, 0.25) is 0 Å². The molecule has 2 aromatic heterocycles. The molecule has 1 aliphatic rings. The van der Waals surface area contributed by atoms with Crippen LogP contribution in [0.3, 0.4) is 0 Å². The van der Waals surface area contributed by atoms with Crippen molar-refractivity contribution in [3.8, 4) is 11.4 Å². The molecule has 0 aliphatic carbocycles. The van der Waals surface area contributed by atoms with E-state index >= 15 is 0 Å². The molecule has 0 radical (unpaired) electrons. The Balaban J connectivity index is 0.000000431. The first-order chi connectivity index (χ1) is 16.9. The number of para-hydroxylation sites is 1. The van der Waals surface area contributed by atoms with Gasteiger partial charge in [-0.05, 0) is 30.3 Å². The quantitative estimate of drug-likeness (QED) is 0.383. The van der Waals surface area contributed by atoms with E-state index in [9.17, 15) is 4.39 Å². The number of aliphatic carboxylic acids is 2. The largest absolute Gasteiger partial charge is 0.473 e. The maximum atomic E-state index is 14.0. The van der Waals surface area contributed by atoms with Crippen molar-refractivity contribution in [2.45, 2.75) is 6.54 Å². The molecule has 3 N–H and O–H groups in total. The minimum Gasteiger partial charge on any atom is -0.473 e. The Morgan fingerprint density at radius 2 is 1.60 bits per heavy atom. The SMILES string of the molecule is Fc1ccccc1-c1ncc(CN2CCN(c3ccc4ccccc4n3)CC2)[nH]1.O=C(O)C(=O)O. The Morgan fingerprint density at radius 1 is 0.914 bits per heavy atom. The number of aromatic amines is 1. The second-order valence-corrected chi connectivity index (χ2v) is 7.97. The van der Waals surface area contributed by atoms with E-state index in [2.05, 4.69) is 44.0 Å². The summed E-state index contributed by atoms with van der Waals surface area (Å²) in [7, 11) is 0. The molecule has 35 heavy (non-hydrogen) atoms. The Morgan fingerprint density at radius 3 is 2.31 bits per heavy atom. The highest BCUT2D eigenvalue weighted by molar-refractivity contribution is 6.27. The molecular weight excluding hydrogens is 453 g/mol. The number of pyridine rings is 1. The first kappa shape index (κ1) is 23.8. The molecule has 1 saturated heterocycles. The van der Waals surface area contributed by atoms with Gasteiger partial charge in [-0.1, -0.05) is 30.3 Å². The molecule has 9 nitrogen and oxygen atoms in total. The van der Waals surface area contributed by atoms with Gasteiger partial charge in [-0.3, -0.25) is 4.90 Å². The van der Waals surface area contributed by atoms with Crippen LogP contribution in [-0.2, 0) is 16.1 Å². The molecule has 0 bridgehead atoms. The van der Waals surface area contributed by atoms with Gasteiger partial charge in [0.2, 0.25) is 0 Å². The molecule has 2 aromatic carbocycles. The third kappa shape index (κ3) is 5.98. The summed E-state index contributed by atoms with van der Waals surface area (Å²) in [6.07, 6.45) is 1.80. The first-order valence-electron chi connectivity index (χ1n) is 11.0.